The quantitative estimate of drug-likeness (QED) is 0.433. The van der Waals surface area contributed by atoms with Gasteiger partial charge in [0.1, 0.15) is 5.82 Å². The second-order valence-electron chi connectivity index (χ2n) is 5.50. The summed E-state index contributed by atoms with van der Waals surface area (Å²) in [5.74, 6) is -1.36. The van der Waals surface area contributed by atoms with Crippen molar-refractivity contribution in [2.75, 3.05) is 24.1 Å². The standard InChI is InChI=1S/C15H20FN3O3/c16-11-6-10(15(22)18-5-1-2-14(20)21)12(17)7-13(11)19-8-9-3-4-9/h6-7,9,19H,1-5,8,17H2,(H,18,22)(H,20,21). The van der Waals surface area contributed by atoms with Gasteiger partial charge in [-0.25, -0.2) is 4.39 Å². The molecular formula is C15H20FN3O3. The number of hydrogen-bond acceptors (Lipinski definition) is 4. The van der Waals surface area contributed by atoms with Gasteiger partial charge >= 0.3 is 5.97 Å². The van der Waals surface area contributed by atoms with Gasteiger partial charge in [-0.15, -0.1) is 0 Å². The van der Waals surface area contributed by atoms with Crippen molar-refractivity contribution in [2.24, 2.45) is 5.92 Å². The van der Waals surface area contributed by atoms with Crippen LogP contribution in [0.1, 0.15) is 36.0 Å². The number of rotatable bonds is 8. The molecule has 120 valence electrons. The third kappa shape index (κ3) is 4.61. The van der Waals surface area contributed by atoms with Gasteiger partial charge in [0.05, 0.1) is 11.3 Å². The van der Waals surface area contributed by atoms with Crippen LogP contribution in [-0.2, 0) is 4.79 Å². The van der Waals surface area contributed by atoms with Crippen LogP contribution in [0.4, 0.5) is 15.8 Å². The van der Waals surface area contributed by atoms with E-state index in [0.717, 1.165) is 18.9 Å². The number of anilines is 2. The van der Waals surface area contributed by atoms with E-state index in [2.05, 4.69) is 10.6 Å². The molecular weight excluding hydrogens is 289 g/mol. The van der Waals surface area contributed by atoms with Crippen LogP contribution in [0.25, 0.3) is 0 Å². The zero-order chi connectivity index (χ0) is 16.1. The van der Waals surface area contributed by atoms with Crippen LogP contribution in [-0.4, -0.2) is 30.1 Å². The highest BCUT2D eigenvalue weighted by Crippen LogP contribution is 2.30. The molecule has 2 rings (SSSR count). The van der Waals surface area contributed by atoms with E-state index in [4.69, 9.17) is 10.8 Å². The van der Waals surface area contributed by atoms with Crippen LogP contribution >= 0.6 is 0 Å². The third-order valence-electron chi connectivity index (χ3n) is 3.51. The Morgan fingerprint density at radius 1 is 1.36 bits per heavy atom. The molecule has 1 aromatic rings. The molecule has 22 heavy (non-hydrogen) atoms. The number of carboxylic acids is 1. The van der Waals surface area contributed by atoms with E-state index in [0.29, 0.717) is 24.6 Å². The van der Waals surface area contributed by atoms with Gasteiger partial charge in [-0.1, -0.05) is 0 Å². The van der Waals surface area contributed by atoms with Crippen LogP contribution in [0.2, 0.25) is 0 Å². The van der Waals surface area contributed by atoms with Gasteiger partial charge in [0.2, 0.25) is 0 Å². The van der Waals surface area contributed by atoms with Gasteiger partial charge < -0.3 is 21.5 Å². The fraction of sp³-hybridized carbons (Fsp3) is 0.467. The van der Waals surface area contributed by atoms with E-state index < -0.39 is 17.7 Å². The molecule has 0 atom stereocenters. The van der Waals surface area contributed by atoms with Crippen molar-refractivity contribution in [3.05, 3.63) is 23.5 Å². The first kappa shape index (κ1) is 16.1. The fourth-order valence-corrected chi connectivity index (χ4v) is 2.04. The summed E-state index contributed by atoms with van der Waals surface area (Å²) in [5, 5.41) is 14.0. The van der Waals surface area contributed by atoms with E-state index in [-0.39, 0.29) is 24.2 Å². The summed E-state index contributed by atoms with van der Waals surface area (Å²) >= 11 is 0. The Bertz CT molecular complexity index is 573. The SMILES string of the molecule is Nc1cc(NCC2CC2)c(F)cc1C(=O)NCCCC(=O)O. The number of halogens is 1. The average molecular weight is 309 g/mol. The summed E-state index contributed by atoms with van der Waals surface area (Å²) < 4.78 is 14.0. The molecule has 1 aliphatic rings. The van der Waals surface area contributed by atoms with Gasteiger partial charge in [-0.2, -0.15) is 0 Å². The third-order valence-corrected chi connectivity index (χ3v) is 3.51. The van der Waals surface area contributed by atoms with E-state index in [9.17, 15) is 14.0 Å². The number of aliphatic carboxylic acids is 1. The number of carbonyl (C=O) groups excluding carboxylic acids is 1. The first-order valence-corrected chi connectivity index (χ1v) is 7.30. The summed E-state index contributed by atoms with van der Waals surface area (Å²) in [6.07, 6.45) is 2.58. The lowest BCUT2D eigenvalue weighted by Crippen LogP contribution is -2.26. The number of nitrogen functional groups attached to an aromatic ring is 1. The molecule has 0 bridgehead atoms. The number of nitrogens with one attached hydrogen (secondary N) is 2. The number of nitrogens with two attached hydrogens (primary N) is 1. The fourth-order valence-electron chi connectivity index (χ4n) is 2.04. The van der Waals surface area contributed by atoms with Crippen molar-refractivity contribution in [1.82, 2.24) is 5.32 Å². The maximum atomic E-state index is 14.0. The van der Waals surface area contributed by atoms with Crippen molar-refractivity contribution < 1.29 is 19.1 Å². The minimum Gasteiger partial charge on any atom is -0.481 e. The van der Waals surface area contributed by atoms with Crippen molar-refractivity contribution in [3.8, 4) is 0 Å². The van der Waals surface area contributed by atoms with Crippen LogP contribution < -0.4 is 16.4 Å². The summed E-state index contributed by atoms with van der Waals surface area (Å²) in [7, 11) is 0. The summed E-state index contributed by atoms with van der Waals surface area (Å²) in [6, 6.07) is 2.53. The molecule has 1 amide bonds. The Balaban J connectivity index is 1.93. The maximum Gasteiger partial charge on any atom is 0.303 e. The lowest BCUT2D eigenvalue weighted by molar-refractivity contribution is -0.137. The van der Waals surface area contributed by atoms with E-state index in [1.54, 1.807) is 0 Å². The lowest BCUT2D eigenvalue weighted by Gasteiger charge is -2.12. The van der Waals surface area contributed by atoms with Crippen LogP contribution in [0, 0.1) is 11.7 Å². The Morgan fingerprint density at radius 2 is 2.09 bits per heavy atom. The predicted octanol–water partition coefficient (Wildman–Crippen LogP) is 1.82. The summed E-state index contributed by atoms with van der Waals surface area (Å²) in [6.45, 7) is 0.908. The molecule has 6 nitrogen and oxygen atoms in total. The zero-order valence-corrected chi connectivity index (χ0v) is 12.2. The van der Waals surface area contributed by atoms with E-state index in [1.807, 2.05) is 0 Å². The summed E-state index contributed by atoms with van der Waals surface area (Å²) in [5.41, 5.74) is 6.35. The smallest absolute Gasteiger partial charge is 0.303 e. The highest BCUT2D eigenvalue weighted by Gasteiger charge is 2.21. The molecule has 0 aromatic heterocycles. The molecule has 5 N–H and O–H groups in total. The van der Waals surface area contributed by atoms with Gasteiger partial charge in [0.25, 0.3) is 5.91 Å². The van der Waals surface area contributed by atoms with Crippen LogP contribution in [0.3, 0.4) is 0 Å². The van der Waals surface area contributed by atoms with Crippen molar-refractivity contribution in [3.63, 3.8) is 0 Å². The van der Waals surface area contributed by atoms with Gasteiger partial charge in [-0.3, -0.25) is 9.59 Å². The average Bonchev–Trinajstić information content (AvgIpc) is 3.27. The Kier molecular flexibility index (Phi) is 5.19. The second-order valence-corrected chi connectivity index (χ2v) is 5.50. The van der Waals surface area contributed by atoms with Crippen molar-refractivity contribution >= 4 is 23.3 Å². The van der Waals surface area contributed by atoms with E-state index in [1.165, 1.54) is 6.07 Å². The highest BCUT2D eigenvalue weighted by molar-refractivity contribution is 5.99. The highest BCUT2D eigenvalue weighted by atomic mass is 19.1. The van der Waals surface area contributed by atoms with Crippen molar-refractivity contribution in [1.29, 1.82) is 0 Å². The molecule has 1 aromatic carbocycles. The number of hydrogen-bond donors (Lipinski definition) is 4. The van der Waals surface area contributed by atoms with Crippen LogP contribution in [0.15, 0.2) is 12.1 Å². The monoisotopic (exact) mass is 309 g/mol. The number of carbonyl (C=O) groups is 2. The molecule has 0 spiro atoms. The molecule has 0 unspecified atom stereocenters. The lowest BCUT2D eigenvalue weighted by atomic mass is 10.1. The molecule has 0 saturated heterocycles. The molecule has 1 saturated carbocycles. The predicted molar refractivity (Wildman–Crippen MR) is 81.2 cm³/mol. The van der Waals surface area contributed by atoms with Gasteiger partial charge in [0, 0.05) is 25.2 Å². The zero-order valence-electron chi connectivity index (χ0n) is 12.2. The topological polar surface area (TPSA) is 104 Å². The molecule has 0 aliphatic heterocycles. The largest absolute Gasteiger partial charge is 0.481 e. The second kappa shape index (κ2) is 7.11. The molecule has 1 fully saturated rings. The molecule has 1 aliphatic carbocycles. The molecule has 7 heteroatoms. The van der Waals surface area contributed by atoms with Crippen molar-refractivity contribution in [2.45, 2.75) is 25.7 Å². The minimum atomic E-state index is -0.925. The van der Waals surface area contributed by atoms with Crippen LogP contribution in [0.5, 0.6) is 0 Å². The molecule has 0 radical (unpaired) electrons. The van der Waals surface area contributed by atoms with Gasteiger partial charge in [-0.05, 0) is 37.3 Å². The first-order valence-electron chi connectivity index (χ1n) is 7.30. The normalized spacial score (nSPS) is 13.7. The Morgan fingerprint density at radius 3 is 2.73 bits per heavy atom. The van der Waals surface area contributed by atoms with Gasteiger partial charge in [0.15, 0.2) is 0 Å². The minimum absolute atomic E-state index is 0.0336. The Labute approximate surface area is 127 Å². The Hall–Kier alpha value is -2.31. The number of carboxylic acid groups (broad SMARTS) is 1. The maximum absolute atomic E-state index is 14.0. The number of amides is 1. The summed E-state index contributed by atoms with van der Waals surface area (Å²) in [4.78, 5) is 22.3. The first-order chi connectivity index (χ1) is 10.5. The number of benzene rings is 1. The molecule has 0 heterocycles. The van der Waals surface area contributed by atoms with E-state index >= 15 is 0 Å².